The van der Waals surface area contributed by atoms with Crippen LogP contribution in [0.2, 0.25) is 0 Å². The van der Waals surface area contributed by atoms with Gasteiger partial charge in [0, 0.05) is 25.4 Å². The Morgan fingerprint density at radius 1 is 1.12 bits per heavy atom. The maximum atomic E-state index is 12.5. The SMILES string of the molecule is COc1ccc([C@H]2CCN(C(=O)CCc3ccc(C(=O)O)cc3)C2)cc1. The van der Waals surface area contributed by atoms with E-state index < -0.39 is 5.97 Å². The van der Waals surface area contributed by atoms with Gasteiger partial charge in [-0.1, -0.05) is 24.3 Å². The first kappa shape index (κ1) is 18.0. The van der Waals surface area contributed by atoms with Crippen LogP contribution in [-0.2, 0) is 11.2 Å². The molecule has 1 aliphatic heterocycles. The molecule has 5 heteroatoms. The molecule has 0 spiro atoms. The normalized spacial score (nSPS) is 16.5. The number of carbonyl (C=O) groups excluding carboxylic acids is 1. The molecule has 1 N–H and O–H groups in total. The third-order valence-corrected chi connectivity index (χ3v) is 4.96. The van der Waals surface area contributed by atoms with E-state index in [0.29, 0.717) is 18.8 Å². The maximum Gasteiger partial charge on any atom is 0.335 e. The molecule has 0 unspecified atom stereocenters. The number of ether oxygens (including phenoxy) is 1. The molecule has 1 aliphatic rings. The summed E-state index contributed by atoms with van der Waals surface area (Å²) in [7, 11) is 1.65. The van der Waals surface area contributed by atoms with E-state index in [9.17, 15) is 9.59 Å². The summed E-state index contributed by atoms with van der Waals surface area (Å²) in [6.07, 6.45) is 2.05. The standard InChI is InChI=1S/C21H23NO4/c1-26-19-9-7-16(8-10-19)18-12-13-22(14-18)20(23)11-4-15-2-5-17(6-3-15)21(24)25/h2-3,5-10,18H,4,11-14H2,1H3,(H,24,25)/t18-/m0/s1. The van der Waals surface area contributed by atoms with Crippen LogP contribution in [0.3, 0.4) is 0 Å². The number of hydrogen-bond donors (Lipinski definition) is 1. The molecule has 0 saturated carbocycles. The zero-order chi connectivity index (χ0) is 18.5. The van der Waals surface area contributed by atoms with Gasteiger partial charge in [-0.15, -0.1) is 0 Å². The van der Waals surface area contributed by atoms with E-state index in [4.69, 9.17) is 9.84 Å². The first-order valence-electron chi connectivity index (χ1n) is 8.81. The maximum absolute atomic E-state index is 12.5. The molecular weight excluding hydrogens is 330 g/mol. The van der Waals surface area contributed by atoms with Crippen molar-refractivity contribution in [3.63, 3.8) is 0 Å². The van der Waals surface area contributed by atoms with Gasteiger partial charge in [-0.25, -0.2) is 4.79 Å². The fraction of sp³-hybridized carbons (Fsp3) is 0.333. The first-order chi connectivity index (χ1) is 12.6. The Morgan fingerprint density at radius 3 is 2.42 bits per heavy atom. The summed E-state index contributed by atoms with van der Waals surface area (Å²) in [5.74, 6) is 0.436. The monoisotopic (exact) mass is 353 g/mol. The van der Waals surface area contributed by atoms with E-state index >= 15 is 0 Å². The van der Waals surface area contributed by atoms with Gasteiger partial charge >= 0.3 is 5.97 Å². The first-order valence-corrected chi connectivity index (χ1v) is 8.81. The minimum absolute atomic E-state index is 0.156. The van der Waals surface area contributed by atoms with E-state index in [1.807, 2.05) is 17.0 Å². The Morgan fingerprint density at radius 2 is 1.81 bits per heavy atom. The Bertz CT molecular complexity index is 768. The molecule has 2 aromatic rings. The highest BCUT2D eigenvalue weighted by Gasteiger charge is 2.26. The molecule has 26 heavy (non-hydrogen) atoms. The Labute approximate surface area is 153 Å². The van der Waals surface area contributed by atoms with Gasteiger partial charge in [-0.2, -0.15) is 0 Å². The molecule has 1 atom stereocenters. The van der Waals surface area contributed by atoms with Crippen LogP contribution < -0.4 is 4.74 Å². The lowest BCUT2D eigenvalue weighted by Crippen LogP contribution is -2.28. The van der Waals surface area contributed by atoms with Crippen LogP contribution in [0.25, 0.3) is 0 Å². The predicted octanol–water partition coefficient (Wildman–Crippen LogP) is 3.34. The van der Waals surface area contributed by atoms with Crippen molar-refractivity contribution in [2.24, 2.45) is 0 Å². The Kier molecular flexibility index (Phi) is 5.56. The number of likely N-dealkylation sites (tertiary alicyclic amines) is 1. The lowest BCUT2D eigenvalue weighted by atomic mass is 9.98. The van der Waals surface area contributed by atoms with Crippen LogP contribution in [0.1, 0.15) is 40.2 Å². The van der Waals surface area contributed by atoms with Gasteiger partial charge in [-0.05, 0) is 48.2 Å². The number of hydrogen-bond acceptors (Lipinski definition) is 3. The molecule has 1 heterocycles. The van der Waals surface area contributed by atoms with Gasteiger partial charge in [0.05, 0.1) is 12.7 Å². The molecule has 0 aliphatic carbocycles. The number of amides is 1. The van der Waals surface area contributed by atoms with E-state index in [1.165, 1.54) is 5.56 Å². The van der Waals surface area contributed by atoms with Gasteiger partial charge in [0.2, 0.25) is 5.91 Å². The molecule has 1 fully saturated rings. The highest BCUT2D eigenvalue weighted by atomic mass is 16.5. The minimum atomic E-state index is -0.936. The van der Waals surface area contributed by atoms with Gasteiger partial charge < -0.3 is 14.7 Å². The smallest absolute Gasteiger partial charge is 0.335 e. The van der Waals surface area contributed by atoms with E-state index in [1.54, 1.807) is 31.4 Å². The highest BCUT2D eigenvalue weighted by Crippen LogP contribution is 2.29. The summed E-state index contributed by atoms with van der Waals surface area (Å²) < 4.78 is 5.19. The molecule has 136 valence electrons. The zero-order valence-electron chi connectivity index (χ0n) is 14.9. The second-order valence-corrected chi connectivity index (χ2v) is 6.60. The van der Waals surface area contributed by atoms with Crippen molar-refractivity contribution >= 4 is 11.9 Å². The number of carboxylic acids is 1. The number of methoxy groups -OCH3 is 1. The third-order valence-electron chi connectivity index (χ3n) is 4.96. The van der Waals surface area contributed by atoms with Crippen molar-refractivity contribution in [1.29, 1.82) is 0 Å². The van der Waals surface area contributed by atoms with Gasteiger partial charge in [0.1, 0.15) is 5.75 Å². The Balaban J connectivity index is 1.51. The van der Waals surface area contributed by atoms with E-state index in [-0.39, 0.29) is 11.5 Å². The lowest BCUT2D eigenvalue weighted by Gasteiger charge is -2.17. The molecule has 2 aromatic carbocycles. The number of aryl methyl sites for hydroxylation is 1. The van der Waals surface area contributed by atoms with Crippen molar-refractivity contribution in [2.45, 2.75) is 25.2 Å². The highest BCUT2D eigenvalue weighted by molar-refractivity contribution is 5.87. The molecule has 0 bridgehead atoms. The summed E-state index contributed by atoms with van der Waals surface area (Å²) in [6.45, 7) is 1.54. The molecule has 5 nitrogen and oxygen atoms in total. The van der Waals surface area contributed by atoms with Crippen LogP contribution in [-0.4, -0.2) is 42.1 Å². The number of carboxylic acid groups (broad SMARTS) is 1. The van der Waals surface area contributed by atoms with Gasteiger partial charge in [0.15, 0.2) is 0 Å². The minimum Gasteiger partial charge on any atom is -0.497 e. The van der Waals surface area contributed by atoms with Crippen LogP contribution in [0.5, 0.6) is 5.75 Å². The zero-order valence-corrected chi connectivity index (χ0v) is 14.9. The molecular formula is C21H23NO4. The van der Waals surface area contributed by atoms with Crippen LogP contribution in [0.15, 0.2) is 48.5 Å². The lowest BCUT2D eigenvalue weighted by molar-refractivity contribution is -0.130. The molecule has 1 saturated heterocycles. The van der Waals surface area contributed by atoms with Crippen molar-refractivity contribution < 1.29 is 19.4 Å². The van der Waals surface area contributed by atoms with Gasteiger partial charge in [0.25, 0.3) is 0 Å². The van der Waals surface area contributed by atoms with Crippen molar-refractivity contribution in [3.8, 4) is 5.75 Å². The number of carbonyl (C=O) groups is 2. The molecule has 0 aromatic heterocycles. The predicted molar refractivity (Wildman–Crippen MR) is 98.7 cm³/mol. The van der Waals surface area contributed by atoms with Crippen LogP contribution >= 0.6 is 0 Å². The van der Waals surface area contributed by atoms with E-state index in [0.717, 1.165) is 30.8 Å². The second-order valence-electron chi connectivity index (χ2n) is 6.60. The molecule has 1 amide bonds. The summed E-state index contributed by atoms with van der Waals surface area (Å²) in [6, 6.07) is 14.8. The fourth-order valence-corrected chi connectivity index (χ4v) is 3.36. The number of benzene rings is 2. The quantitative estimate of drug-likeness (QED) is 0.865. The van der Waals surface area contributed by atoms with Crippen molar-refractivity contribution in [2.75, 3.05) is 20.2 Å². The summed E-state index contributed by atoms with van der Waals surface area (Å²) in [4.78, 5) is 25.3. The van der Waals surface area contributed by atoms with E-state index in [2.05, 4.69) is 12.1 Å². The fourth-order valence-electron chi connectivity index (χ4n) is 3.36. The van der Waals surface area contributed by atoms with Gasteiger partial charge in [-0.3, -0.25) is 4.79 Å². The number of nitrogens with zero attached hydrogens (tertiary/aromatic N) is 1. The largest absolute Gasteiger partial charge is 0.497 e. The van der Waals surface area contributed by atoms with Crippen molar-refractivity contribution in [1.82, 2.24) is 4.90 Å². The average molecular weight is 353 g/mol. The average Bonchev–Trinajstić information content (AvgIpc) is 3.17. The van der Waals surface area contributed by atoms with Crippen molar-refractivity contribution in [3.05, 3.63) is 65.2 Å². The Hall–Kier alpha value is -2.82. The third kappa shape index (κ3) is 4.23. The van der Waals surface area contributed by atoms with Crippen LogP contribution in [0, 0.1) is 0 Å². The summed E-state index contributed by atoms with van der Waals surface area (Å²) >= 11 is 0. The summed E-state index contributed by atoms with van der Waals surface area (Å²) in [5, 5.41) is 8.92. The molecule has 0 radical (unpaired) electrons. The number of rotatable bonds is 6. The van der Waals surface area contributed by atoms with Crippen LogP contribution in [0.4, 0.5) is 0 Å². The molecule has 3 rings (SSSR count). The topological polar surface area (TPSA) is 66.8 Å². The number of aromatic carboxylic acids is 1. The second kappa shape index (κ2) is 8.04. The summed E-state index contributed by atoms with van der Waals surface area (Å²) in [5.41, 5.74) is 2.49.